The minimum absolute atomic E-state index is 0.102. The molecule has 7 nitrogen and oxygen atoms in total. The molecule has 0 aromatic heterocycles. The largest absolute Gasteiger partial charge is 0.481 e. The molecule has 0 saturated heterocycles. The molecule has 0 saturated carbocycles. The molecule has 118 valence electrons. The molecule has 0 spiro atoms. The van der Waals surface area contributed by atoms with Gasteiger partial charge < -0.3 is 15.7 Å². The summed E-state index contributed by atoms with van der Waals surface area (Å²) >= 11 is 0. The third-order valence-electron chi connectivity index (χ3n) is 2.70. The molecule has 20 heavy (non-hydrogen) atoms. The zero-order chi connectivity index (χ0) is 15.8. The van der Waals surface area contributed by atoms with Crippen LogP contribution in [0.15, 0.2) is 0 Å². The first-order valence-corrected chi connectivity index (χ1v) is 8.60. The van der Waals surface area contributed by atoms with Gasteiger partial charge in [0.2, 0.25) is 0 Å². The van der Waals surface area contributed by atoms with Crippen molar-refractivity contribution in [2.45, 2.75) is 39.2 Å². The Balaban J connectivity index is 3.80. The summed E-state index contributed by atoms with van der Waals surface area (Å²) in [7, 11) is -3.12. The molecule has 2 atom stereocenters. The highest BCUT2D eigenvalue weighted by Crippen LogP contribution is 2.08. The van der Waals surface area contributed by atoms with Crippen LogP contribution in [0.5, 0.6) is 0 Å². The zero-order valence-electron chi connectivity index (χ0n) is 12.2. The minimum Gasteiger partial charge on any atom is -0.481 e. The topological polar surface area (TPSA) is 113 Å². The van der Waals surface area contributed by atoms with Crippen LogP contribution in [0.4, 0.5) is 4.79 Å². The molecule has 0 aliphatic heterocycles. The highest BCUT2D eigenvalue weighted by Gasteiger charge is 2.13. The molecule has 2 amide bonds. The van der Waals surface area contributed by atoms with Gasteiger partial charge in [0.15, 0.2) is 0 Å². The zero-order valence-corrected chi connectivity index (χ0v) is 13.0. The molecule has 0 heterocycles. The maximum Gasteiger partial charge on any atom is 0.315 e. The van der Waals surface area contributed by atoms with Crippen LogP contribution in [0.2, 0.25) is 0 Å². The SMILES string of the molecule is CC(CCNC(=O)NC(C)CS(C)(=O)=O)CCC(=O)O. The number of carbonyl (C=O) groups is 2. The quantitative estimate of drug-likeness (QED) is 0.577. The van der Waals surface area contributed by atoms with Crippen molar-refractivity contribution in [3.05, 3.63) is 0 Å². The number of urea groups is 1. The van der Waals surface area contributed by atoms with Crippen molar-refractivity contribution in [3.8, 4) is 0 Å². The van der Waals surface area contributed by atoms with Crippen molar-refractivity contribution in [2.24, 2.45) is 5.92 Å². The summed E-state index contributed by atoms with van der Waals surface area (Å²) in [5.74, 6) is -0.716. The Bertz CT molecular complexity index is 422. The number of nitrogens with one attached hydrogen (secondary N) is 2. The van der Waals surface area contributed by atoms with Gasteiger partial charge in [-0.15, -0.1) is 0 Å². The number of hydrogen-bond acceptors (Lipinski definition) is 4. The lowest BCUT2D eigenvalue weighted by Crippen LogP contribution is -2.44. The van der Waals surface area contributed by atoms with Gasteiger partial charge in [-0.05, 0) is 25.7 Å². The van der Waals surface area contributed by atoms with Crippen LogP contribution in [0.25, 0.3) is 0 Å². The molecule has 0 aromatic carbocycles. The van der Waals surface area contributed by atoms with E-state index in [0.29, 0.717) is 19.4 Å². The Labute approximate surface area is 120 Å². The number of amides is 2. The number of rotatable bonds is 9. The van der Waals surface area contributed by atoms with Crippen molar-refractivity contribution in [1.82, 2.24) is 10.6 Å². The van der Waals surface area contributed by atoms with E-state index in [1.54, 1.807) is 6.92 Å². The van der Waals surface area contributed by atoms with Crippen LogP contribution in [-0.4, -0.2) is 50.1 Å². The molecule has 0 radical (unpaired) electrons. The standard InChI is InChI=1S/C12H24N2O5S/c1-9(4-5-11(15)16)6-7-13-12(17)14-10(2)8-20(3,18)19/h9-10H,4-8H2,1-3H3,(H,15,16)(H2,13,14,17). The Morgan fingerprint density at radius 2 is 1.80 bits per heavy atom. The van der Waals surface area contributed by atoms with Crippen molar-refractivity contribution in [1.29, 1.82) is 0 Å². The number of sulfone groups is 1. The summed E-state index contributed by atoms with van der Waals surface area (Å²) in [5, 5.41) is 13.7. The summed E-state index contributed by atoms with van der Waals surface area (Å²) < 4.78 is 22.1. The smallest absolute Gasteiger partial charge is 0.315 e. The van der Waals surface area contributed by atoms with Crippen LogP contribution in [0.3, 0.4) is 0 Å². The predicted molar refractivity (Wildman–Crippen MR) is 76.4 cm³/mol. The maximum absolute atomic E-state index is 11.5. The average molecular weight is 308 g/mol. The highest BCUT2D eigenvalue weighted by atomic mass is 32.2. The third-order valence-corrected chi connectivity index (χ3v) is 3.81. The van der Waals surface area contributed by atoms with Gasteiger partial charge in [-0.25, -0.2) is 13.2 Å². The van der Waals surface area contributed by atoms with Gasteiger partial charge in [0.05, 0.1) is 5.75 Å². The molecule has 3 N–H and O–H groups in total. The monoisotopic (exact) mass is 308 g/mol. The number of carbonyl (C=O) groups excluding carboxylic acids is 1. The molecule has 0 aliphatic carbocycles. The number of aliphatic carboxylic acids is 1. The maximum atomic E-state index is 11.5. The molecular weight excluding hydrogens is 284 g/mol. The van der Waals surface area contributed by atoms with E-state index < -0.39 is 27.9 Å². The van der Waals surface area contributed by atoms with Crippen molar-refractivity contribution < 1.29 is 23.1 Å². The molecule has 0 bridgehead atoms. The minimum atomic E-state index is -3.12. The summed E-state index contributed by atoms with van der Waals surface area (Å²) in [6, 6.07) is -0.860. The number of carboxylic acid groups (broad SMARTS) is 1. The van der Waals surface area contributed by atoms with E-state index >= 15 is 0 Å². The summed E-state index contributed by atoms with van der Waals surface area (Å²) in [6.07, 6.45) is 2.50. The molecule has 0 aliphatic rings. The van der Waals surface area contributed by atoms with Crippen LogP contribution < -0.4 is 10.6 Å². The van der Waals surface area contributed by atoms with Crippen molar-refractivity contribution in [2.75, 3.05) is 18.6 Å². The Hall–Kier alpha value is -1.31. The van der Waals surface area contributed by atoms with E-state index in [0.717, 1.165) is 6.26 Å². The van der Waals surface area contributed by atoms with E-state index in [4.69, 9.17) is 5.11 Å². The van der Waals surface area contributed by atoms with Crippen LogP contribution in [0.1, 0.15) is 33.1 Å². The predicted octanol–water partition coefficient (Wildman–Crippen LogP) is 0.610. The first-order chi connectivity index (χ1) is 9.10. The van der Waals surface area contributed by atoms with E-state index in [1.165, 1.54) is 0 Å². The van der Waals surface area contributed by atoms with Gasteiger partial charge >= 0.3 is 12.0 Å². The molecule has 0 rings (SSSR count). The lowest BCUT2D eigenvalue weighted by atomic mass is 10.0. The van der Waals surface area contributed by atoms with Crippen LogP contribution >= 0.6 is 0 Å². The number of carboxylic acids is 1. The molecule has 0 aromatic rings. The van der Waals surface area contributed by atoms with Gasteiger partial charge in [0.1, 0.15) is 9.84 Å². The van der Waals surface area contributed by atoms with E-state index in [2.05, 4.69) is 10.6 Å². The third kappa shape index (κ3) is 11.8. The fourth-order valence-corrected chi connectivity index (χ4v) is 2.71. The normalized spacial score (nSPS) is 14.3. The Kier molecular flexibility index (Phi) is 8.21. The first-order valence-electron chi connectivity index (χ1n) is 6.54. The van der Waals surface area contributed by atoms with Gasteiger partial charge in [-0.2, -0.15) is 0 Å². The van der Waals surface area contributed by atoms with E-state index in [9.17, 15) is 18.0 Å². The average Bonchev–Trinajstić information content (AvgIpc) is 2.23. The molecule has 8 heteroatoms. The second-order valence-corrected chi connectivity index (χ2v) is 7.40. The summed E-state index contributed by atoms with van der Waals surface area (Å²) in [6.45, 7) is 3.98. The second kappa shape index (κ2) is 8.78. The fourth-order valence-electron chi connectivity index (χ4n) is 1.72. The van der Waals surface area contributed by atoms with Crippen LogP contribution in [-0.2, 0) is 14.6 Å². The molecular formula is C12H24N2O5S. The summed E-state index contributed by atoms with van der Waals surface area (Å²) in [5.41, 5.74) is 0. The van der Waals surface area contributed by atoms with E-state index in [1.807, 2.05) is 6.92 Å². The van der Waals surface area contributed by atoms with Crippen molar-refractivity contribution >= 4 is 21.8 Å². The summed E-state index contributed by atoms with van der Waals surface area (Å²) in [4.78, 5) is 21.9. The van der Waals surface area contributed by atoms with Gasteiger partial charge in [-0.1, -0.05) is 6.92 Å². The highest BCUT2D eigenvalue weighted by molar-refractivity contribution is 7.90. The first kappa shape index (κ1) is 18.7. The fraction of sp³-hybridized carbons (Fsp3) is 0.833. The number of hydrogen-bond donors (Lipinski definition) is 3. The lowest BCUT2D eigenvalue weighted by molar-refractivity contribution is -0.137. The second-order valence-electron chi connectivity index (χ2n) is 5.22. The van der Waals surface area contributed by atoms with Crippen LogP contribution in [0, 0.1) is 5.92 Å². The Morgan fingerprint density at radius 3 is 2.30 bits per heavy atom. The molecule has 0 fully saturated rings. The van der Waals surface area contributed by atoms with E-state index in [-0.39, 0.29) is 18.1 Å². The van der Waals surface area contributed by atoms with Gasteiger partial charge in [0.25, 0.3) is 0 Å². The van der Waals surface area contributed by atoms with Gasteiger partial charge in [-0.3, -0.25) is 4.79 Å². The lowest BCUT2D eigenvalue weighted by Gasteiger charge is -2.15. The van der Waals surface area contributed by atoms with Crippen molar-refractivity contribution in [3.63, 3.8) is 0 Å². The Morgan fingerprint density at radius 1 is 1.20 bits per heavy atom. The van der Waals surface area contributed by atoms with Gasteiger partial charge in [0, 0.05) is 25.3 Å². The molecule has 2 unspecified atom stereocenters.